The molecular weight excluding hydrogens is 372 g/mol. The molecule has 3 rings (SSSR count). The van der Waals surface area contributed by atoms with Crippen LogP contribution in [-0.2, 0) is 11.3 Å². The number of nitrogens with one attached hydrogen (secondary N) is 1. The standard InChI is InChI=1S/C13H11BrN4O5/c14-8-1-3-9(4-2-8)15-13(19)23-10-5-17-6-11(18(20)21)16-12(17)22-7-10/h1-4,6,10H,5,7H2,(H,15,19)/t10-/m0/s1. The Morgan fingerprint density at radius 1 is 1.48 bits per heavy atom. The Kier molecular flexibility index (Phi) is 4.15. The number of ether oxygens (including phenoxy) is 2. The van der Waals surface area contributed by atoms with Gasteiger partial charge in [-0.3, -0.25) is 9.88 Å². The maximum Gasteiger partial charge on any atom is 0.414 e. The number of hydrogen-bond acceptors (Lipinski definition) is 6. The summed E-state index contributed by atoms with van der Waals surface area (Å²) in [6.07, 6.45) is 0.0584. The van der Waals surface area contributed by atoms with Crippen molar-refractivity contribution in [2.75, 3.05) is 11.9 Å². The summed E-state index contributed by atoms with van der Waals surface area (Å²) in [5.74, 6) is -0.306. The molecule has 0 aliphatic carbocycles. The monoisotopic (exact) mass is 382 g/mol. The number of nitro groups is 1. The number of rotatable bonds is 3. The van der Waals surface area contributed by atoms with Crippen LogP contribution in [-0.4, -0.2) is 33.3 Å². The molecule has 2 heterocycles. The van der Waals surface area contributed by atoms with Crippen LogP contribution in [0.4, 0.5) is 16.3 Å². The topological polar surface area (TPSA) is 109 Å². The molecule has 1 aliphatic heterocycles. The maximum absolute atomic E-state index is 11.9. The maximum atomic E-state index is 11.9. The van der Waals surface area contributed by atoms with Crippen LogP contribution in [0.25, 0.3) is 0 Å². The van der Waals surface area contributed by atoms with Crippen LogP contribution in [0, 0.1) is 10.1 Å². The van der Waals surface area contributed by atoms with Gasteiger partial charge < -0.3 is 19.6 Å². The SMILES string of the molecule is O=C(Nc1ccc(Br)cc1)O[C@@H]1COc2nc([N+](=O)[O-])cn2C1. The fourth-order valence-electron chi connectivity index (χ4n) is 2.06. The lowest BCUT2D eigenvalue weighted by atomic mass is 10.3. The zero-order valence-corrected chi connectivity index (χ0v) is 13.2. The Labute approximate surface area is 138 Å². The van der Waals surface area contributed by atoms with Gasteiger partial charge in [0.2, 0.25) is 0 Å². The summed E-state index contributed by atoms with van der Waals surface area (Å²) in [6, 6.07) is 7.16. The number of amides is 1. The van der Waals surface area contributed by atoms with E-state index >= 15 is 0 Å². The summed E-state index contributed by atoms with van der Waals surface area (Å²) < 4.78 is 12.9. The number of benzene rings is 1. The zero-order valence-electron chi connectivity index (χ0n) is 11.6. The first-order valence-electron chi connectivity index (χ1n) is 6.59. The number of imidazole rings is 1. The first-order chi connectivity index (χ1) is 11.0. The molecule has 0 radical (unpaired) electrons. The molecule has 1 aromatic carbocycles. The average molecular weight is 383 g/mol. The van der Waals surface area contributed by atoms with Crippen molar-refractivity contribution in [2.45, 2.75) is 12.6 Å². The van der Waals surface area contributed by atoms with Gasteiger partial charge in [-0.15, -0.1) is 0 Å². The summed E-state index contributed by atoms with van der Waals surface area (Å²) in [4.78, 5) is 25.7. The minimum atomic E-state index is -0.626. The van der Waals surface area contributed by atoms with E-state index in [-0.39, 0.29) is 25.0 Å². The molecule has 1 aromatic heterocycles. The van der Waals surface area contributed by atoms with Gasteiger partial charge >= 0.3 is 17.9 Å². The van der Waals surface area contributed by atoms with Gasteiger partial charge in [0.1, 0.15) is 12.8 Å². The fourth-order valence-corrected chi connectivity index (χ4v) is 2.33. The Morgan fingerprint density at radius 2 is 2.22 bits per heavy atom. The largest absolute Gasteiger partial charge is 0.442 e. The van der Waals surface area contributed by atoms with E-state index in [4.69, 9.17) is 9.47 Å². The molecule has 0 saturated carbocycles. The number of halogens is 1. The molecule has 0 spiro atoms. The number of hydrogen-bond donors (Lipinski definition) is 1. The summed E-state index contributed by atoms with van der Waals surface area (Å²) >= 11 is 3.30. The van der Waals surface area contributed by atoms with Crippen LogP contribution >= 0.6 is 15.9 Å². The third-order valence-corrected chi connectivity index (χ3v) is 3.61. The molecular formula is C13H11BrN4O5. The second-order valence-electron chi connectivity index (χ2n) is 4.76. The summed E-state index contributed by atoms with van der Waals surface area (Å²) in [5, 5.41) is 13.3. The first kappa shape index (κ1) is 15.3. The number of anilines is 1. The van der Waals surface area contributed by atoms with E-state index in [2.05, 4.69) is 26.2 Å². The first-order valence-corrected chi connectivity index (χ1v) is 7.38. The summed E-state index contributed by atoms with van der Waals surface area (Å²) in [7, 11) is 0. The van der Waals surface area contributed by atoms with Crippen molar-refractivity contribution < 1.29 is 19.2 Å². The second kappa shape index (κ2) is 6.24. The molecule has 0 bridgehead atoms. The molecule has 0 unspecified atom stereocenters. The molecule has 2 aromatic rings. The molecule has 1 N–H and O–H groups in total. The van der Waals surface area contributed by atoms with Crippen molar-refractivity contribution in [3.8, 4) is 6.01 Å². The highest BCUT2D eigenvalue weighted by Crippen LogP contribution is 2.22. The Bertz CT molecular complexity index is 745. The van der Waals surface area contributed by atoms with Gasteiger partial charge in [0.05, 0.1) is 6.54 Å². The highest BCUT2D eigenvalue weighted by atomic mass is 79.9. The lowest BCUT2D eigenvalue weighted by Gasteiger charge is -2.22. The van der Waals surface area contributed by atoms with Gasteiger partial charge in [-0.05, 0) is 29.2 Å². The third-order valence-electron chi connectivity index (χ3n) is 3.08. The average Bonchev–Trinajstić information content (AvgIpc) is 2.93. The van der Waals surface area contributed by atoms with Gasteiger partial charge in [0, 0.05) is 15.1 Å². The van der Waals surface area contributed by atoms with E-state index in [1.54, 1.807) is 24.3 Å². The van der Waals surface area contributed by atoms with Crippen molar-refractivity contribution in [2.24, 2.45) is 0 Å². The van der Waals surface area contributed by atoms with Crippen LogP contribution in [0.1, 0.15) is 0 Å². The van der Waals surface area contributed by atoms with Crippen molar-refractivity contribution in [1.82, 2.24) is 9.55 Å². The molecule has 23 heavy (non-hydrogen) atoms. The molecule has 10 heteroatoms. The van der Waals surface area contributed by atoms with E-state index in [0.29, 0.717) is 5.69 Å². The van der Waals surface area contributed by atoms with Crippen LogP contribution in [0.5, 0.6) is 6.01 Å². The van der Waals surface area contributed by atoms with Crippen molar-refractivity contribution >= 4 is 33.5 Å². The zero-order chi connectivity index (χ0) is 16.4. The molecule has 1 atom stereocenters. The molecule has 9 nitrogen and oxygen atoms in total. The van der Waals surface area contributed by atoms with Gasteiger partial charge in [0.15, 0.2) is 6.10 Å². The Hall–Kier alpha value is -2.62. The van der Waals surface area contributed by atoms with Crippen LogP contribution in [0.3, 0.4) is 0 Å². The highest BCUT2D eigenvalue weighted by molar-refractivity contribution is 9.10. The number of carbonyl (C=O) groups excluding carboxylic acids is 1. The minimum Gasteiger partial charge on any atom is -0.442 e. The van der Waals surface area contributed by atoms with Gasteiger partial charge in [0.25, 0.3) is 0 Å². The van der Waals surface area contributed by atoms with Crippen molar-refractivity contribution in [1.29, 1.82) is 0 Å². The minimum absolute atomic E-state index is 0.0852. The predicted octanol–water partition coefficient (Wildman–Crippen LogP) is 2.56. The van der Waals surface area contributed by atoms with E-state index < -0.39 is 17.1 Å². The van der Waals surface area contributed by atoms with Crippen LogP contribution in [0.2, 0.25) is 0 Å². The van der Waals surface area contributed by atoms with Crippen molar-refractivity contribution in [3.63, 3.8) is 0 Å². The van der Waals surface area contributed by atoms with Crippen LogP contribution in [0.15, 0.2) is 34.9 Å². The van der Waals surface area contributed by atoms with Crippen LogP contribution < -0.4 is 10.1 Å². The lowest BCUT2D eigenvalue weighted by molar-refractivity contribution is -0.389. The summed E-state index contributed by atoms with van der Waals surface area (Å²) in [6.45, 7) is 0.325. The summed E-state index contributed by atoms with van der Waals surface area (Å²) in [5.41, 5.74) is 0.592. The Balaban J connectivity index is 1.59. The number of carbonyl (C=O) groups is 1. The normalized spacial score (nSPS) is 16.1. The molecule has 0 fully saturated rings. The van der Waals surface area contributed by atoms with Gasteiger partial charge in [-0.25, -0.2) is 4.79 Å². The van der Waals surface area contributed by atoms with E-state index in [9.17, 15) is 14.9 Å². The number of nitrogens with zero attached hydrogens (tertiary/aromatic N) is 3. The molecule has 120 valence electrons. The number of fused-ring (bicyclic) bond motifs is 1. The second-order valence-corrected chi connectivity index (χ2v) is 5.68. The number of aromatic nitrogens is 2. The fraction of sp³-hybridized carbons (Fsp3) is 0.231. The smallest absolute Gasteiger partial charge is 0.414 e. The van der Waals surface area contributed by atoms with E-state index in [0.717, 1.165) is 4.47 Å². The highest BCUT2D eigenvalue weighted by Gasteiger charge is 2.29. The van der Waals surface area contributed by atoms with Gasteiger partial charge in [-0.2, -0.15) is 0 Å². The Morgan fingerprint density at radius 3 is 2.91 bits per heavy atom. The molecule has 0 saturated heterocycles. The molecule has 1 amide bonds. The van der Waals surface area contributed by atoms with E-state index in [1.807, 2.05) is 0 Å². The van der Waals surface area contributed by atoms with Crippen molar-refractivity contribution in [3.05, 3.63) is 45.0 Å². The predicted molar refractivity (Wildman–Crippen MR) is 82.4 cm³/mol. The lowest BCUT2D eigenvalue weighted by Crippen LogP contribution is -2.35. The van der Waals surface area contributed by atoms with E-state index in [1.165, 1.54) is 10.8 Å². The third kappa shape index (κ3) is 3.59. The molecule has 1 aliphatic rings. The van der Waals surface area contributed by atoms with Gasteiger partial charge in [-0.1, -0.05) is 15.9 Å². The quantitative estimate of drug-likeness (QED) is 0.645.